The van der Waals surface area contributed by atoms with Crippen molar-refractivity contribution in [1.29, 1.82) is 0 Å². The van der Waals surface area contributed by atoms with E-state index in [-0.39, 0.29) is 24.8 Å². The van der Waals surface area contributed by atoms with Gasteiger partial charge >= 0.3 is 0 Å². The summed E-state index contributed by atoms with van der Waals surface area (Å²) < 4.78 is 1.54. The van der Waals surface area contributed by atoms with E-state index in [1.54, 1.807) is 6.07 Å². The second-order valence-corrected chi connectivity index (χ2v) is 6.07. The summed E-state index contributed by atoms with van der Waals surface area (Å²) in [5.74, 6) is -0.366. The lowest BCUT2D eigenvalue weighted by Gasteiger charge is -2.12. The molecule has 0 aliphatic heterocycles. The summed E-state index contributed by atoms with van der Waals surface area (Å²) in [5, 5.41) is 16.8. The molecule has 2 aromatic carbocycles. The highest BCUT2D eigenvalue weighted by Crippen LogP contribution is 2.21. The van der Waals surface area contributed by atoms with Crippen LogP contribution in [0.25, 0.3) is 5.69 Å². The van der Waals surface area contributed by atoms with Gasteiger partial charge in [-0.05, 0) is 53.6 Å². The van der Waals surface area contributed by atoms with E-state index >= 15 is 0 Å². The Balaban J connectivity index is 1.56. The maximum Gasteiger partial charge on any atom is 0.251 e. The molecule has 1 heterocycles. The van der Waals surface area contributed by atoms with Gasteiger partial charge in [0, 0.05) is 24.2 Å². The summed E-state index contributed by atoms with van der Waals surface area (Å²) in [6.45, 7) is 4.01. The first-order valence-corrected chi connectivity index (χ1v) is 8.53. The average molecular weight is 364 g/mol. The van der Waals surface area contributed by atoms with E-state index in [1.807, 2.05) is 50.2 Å². The molecule has 2 N–H and O–H groups in total. The van der Waals surface area contributed by atoms with Gasteiger partial charge in [-0.3, -0.25) is 9.59 Å². The molecule has 0 saturated heterocycles. The third-order valence-corrected chi connectivity index (χ3v) is 4.20. The largest absolute Gasteiger partial charge is 0.352 e. The summed E-state index contributed by atoms with van der Waals surface area (Å²) in [6, 6.07) is 12.8. The number of carbonyl (C=O) groups is 2. The molecule has 8 nitrogen and oxygen atoms in total. The highest BCUT2D eigenvalue weighted by atomic mass is 16.2. The number of anilines is 1. The summed E-state index contributed by atoms with van der Waals surface area (Å²) in [6.07, 6.45) is 1.67. The minimum atomic E-state index is -0.183. The number of aromatic nitrogens is 4. The molecule has 3 aromatic rings. The van der Waals surface area contributed by atoms with Crippen LogP contribution in [-0.2, 0) is 4.79 Å². The van der Waals surface area contributed by atoms with Crippen LogP contribution in [0.5, 0.6) is 0 Å². The van der Waals surface area contributed by atoms with Crippen LogP contribution in [0.3, 0.4) is 0 Å². The van der Waals surface area contributed by atoms with Crippen molar-refractivity contribution < 1.29 is 9.59 Å². The molecule has 8 heteroatoms. The van der Waals surface area contributed by atoms with E-state index in [1.165, 1.54) is 11.0 Å². The van der Waals surface area contributed by atoms with Gasteiger partial charge in [0.05, 0.1) is 5.69 Å². The Bertz CT molecular complexity index is 953. The molecule has 0 radical (unpaired) electrons. The van der Waals surface area contributed by atoms with E-state index < -0.39 is 0 Å². The molecule has 3 rings (SSSR count). The number of amides is 2. The Morgan fingerprint density at radius 3 is 2.63 bits per heavy atom. The van der Waals surface area contributed by atoms with Crippen molar-refractivity contribution in [2.24, 2.45) is 0 Å². The van der Waals surface area contributed by atoms with Gasteiger partial charge in [0.1, 0.15) is 6.33 Å². The van der Waals surface area contributed by atoms with Gasteiger partial charge in [0.15, 0.2) is 0 Å². The van der Waals surface area contributed by atoms with Crippen molar-refractivity contribution >= 4 is 17.5 Å². The van der Waals surface area contributed by atoms with E-state index in [4.69, 9.17) is 0 Å². The van der Waals surface area contributed by atoms with Crippen molar-refractivity contribution in [1.82, 2.24) is 25.5 Å². The molecule has 138 valence electrons. The number of nitrogens with one attached hydrogen (secondary N) is 2. The minimum Gasteiger partial charge on any atom is -0.352 e. The number of tetrazole rings is 1. The van der Waals surface area contributed by atoms with Gasteiger partial charge in [-0.25, -0.2) is 4.68 Å². The molecule has 27 heavy (non-hydrogen) atoms. The van der Waals surface area contributed by atoms with Gasteiger partial charge in [0.25, 0.3) is 5.91 Å². The molecule has 0 fully saturated rings. The van der Waals surface area contributed by atoms with Gasteiger partial charge in [-0.15, -0.1) is 5.10 Å². The lowest BCUT2D eigenvalue weighted by Crippen LogP contribution is -2.28. The predicted molar refractivity (Wildman–Crippen MR) is 101 cm³/mol. The zero-order valence-corrected chi connectivity index (χ0v) is 15.1. The van der Waals surface area contributed by atoms with Crippen molar-refractivity contribution in [3.05, 3.63) is 65.5 Å². The number of rotatable bonds is 6. The topological polar surface area (TPSA) is 102 Å². The third-order valence-electron chi connectivity index (χ3n) is 4.20. The standard InChI is InChI=1S/C19H20N6O2/c1-13-6-3-4-7-15(13)19(27)20-11-10-18(26)22-16-8-5-9-17(14(16)2)25-12-21-23-24-25/h3-9,12H,10-11H2,1-2H3,(H,20,27)(H,22,26). The molecular weight excluding hydrogens is 344 g/mol. The smallest absolute Gasteiger partial charge is 0.251 e. The quantitative estimate of drug-likeness (QED) is 0.697. The van der Waals surface area contributed by atoms with Crippen LogP contribution in [0.1, 0.15) is 27.9 Å². The Morgan fingerprint density at radius 1 is 1.07 bits per heavy atom. The Labute approximate surface area is 156 Å². The SMILES string of the molecule is Cc1ccccc1C(=O)NCCC(=O)Nc1cccc(-n2cnnn2)c1C. The van der Waals surface area contributed by atoms with Crippen LogP contribution in [0.15, 0.2) is 48.8 Å². The molecule has 0 unspecified atom stereocenters. The van der Waals surface area contributed by atoms with Crippen LogP contribution >= 0.6 is 0 Å². The van der Waals surface area contributed by atoms with Gasteiger partial charge in [-0.2, -0.15) is 0 Å². The fourth-order valence-electron chi connectivity index (χ4n) is 2.70. The fraction of sp³-hybridized carbons (Fsp3) is 0.211. The van der Waals surface area contributed by atoms with Crippen LogP contribution in [0.4, 0.5) is 5.69 Å². The van der Waals surface area contributed by atoms with Crippen LogP contribution < -0.4 is 10.6 Å². The summed E-state index contributed by atoms with van der Waals surface area (Å²) in [5.41, 5.74) is 3.82. The van der Waals surface area contributed by atoms with Gasteiger partial charge in [-0.1, -0.05) is 24.3 Å². The third kappa shape index (κ3) is 4.35. The first-order chi connectivity index (χ1) is 13.1. The lowest BCUT2D eigenvalue weighted by atomic mass is 10.1. The molecular formula is C19H20N6O2. The number of nitrogens with zero attached hydrogens (tertiary/aromatic N) is 4. The summed E-state index contributed by atoms with van der Waals surface area (Å²) in [7, 11) is 0. The van der Waals surface area contributed by atoms with Crippen molar-refractivity contribution in [2.75, 3.05) is 11.9 Å². The second kappa shape index (κ2) is 8.22. The molecule has 0 aliphatic rings. The highest BCUT2D eigenvalue weighted by molar-refractivity contribution is 5.96. The number of benzene rings is 2. The van der Waals surface area contributed by atoms with Crippen molar-refractivity contribution in [3.63, 3.8) is 0 Å². The Kier molecular flexibility index (Phi) is 5.55. The second-order valence-electron chi connectivity index (χ2n) is 6.07. The highest BCUT2D eigenvalue weighted by Gasteiger charge is 2.11. The van der Waals surface area contributed by atoms with E-state index in [0.717, 1.165) is 16.8 Å². The summed E-state index contributed by atoms with van der Waals surface area (Å²) in [4.78, 5) is 24.4. The normalized spacial score (nSPS) is 10.4. The van der Waals surface area contributed by atoms with Crippen LogP contribution in [-0.4, -0.2) is 38.6 Å². The van der Waals surface area contributed by atoms with E-state index in [2.05, 4.69) is 26.2 Å². The minimum absolute atomic E-state index is 0.173. The zero-order valence-electron chi connectivity index (χ0n) is 15.1. The van der Waals surface area contributed by atoms with Crippen molar-refractivity contribution in [2.45, 2.75) is 20.3 Å². The fourth-order valence-corrected chi connectivity index (χ4v) is 2.70. The molecule has 0 aliphatic carbocycles. The lowest BCUT2D eigenvalue weighted by molar-refractivity contribution is -0.116. The molecule has 0 spiro atoms. The molecule has 2 amide bonds. The van der Waals surface area contributed by atoms with Crippen molar-refractivity contribution in [3.8, 4) is 5.69 Å². The number of aryl methyl sites for hydroxylation is 1. The number of hydrogen-bond acceptors (Lipinski definition) is 5. The molecule has 0 bridgehead atoms. The van der Waals surface area contributed by atoms with Gasteiger partial charge < -0.3 is 10.6 Å². The van der Waals surface area contributed by atoms with Crippen LogP contribution in [0.2, 0.25) is 0 Å². The summed E-state index contributed by atoms with van der Waals surface area (Å²) >= 11 is 0. The maximum absolute atomic E-state index is 12.2. The molecule has 0 saturated carbocycles. The van der Waals surface area contributed by atoms with Crippen LogP contribution in [0, 0.1) is 13.8 Å². The van der Waals surface area contributed by atoms with E-state index in [9.17, 15) is 9.59 Å². The predicted octanol–water partition coefficient (Wildman–Crippen LogP) is 2.04. The average Bonchev–Trinajstić information content (AvgIpc) is 3.18. The van der Waals surface area contributed by atoms with E-state index in [0.29, 0.717) is 11.3 Å². The molecule has 1 aromatic heterocycles. The number of carbonyl (C=O) groups excluding carboxylic acids is 2. The Morgan fingerprint density at radius 2 is 1.89 bits per heavy atom. The monoisotopic (exact) mass is 364 g/mol. The maximum atomic E-state index is 12.2. The molecule has 0 atom stereocenters. The zero-order chi connectivity index (χ0) is 19.2. The number of hydrogen-bond donors (Lipinski definition) is 2. The first kappa shape index (κ1) is 18.2. The van der Waals surface area contributed by atoms with Gasteiger partial charge in [0.2, 0.25) is 5.91 Å². The Hall–Kier alpha value is -3.55. The first-order valence-electron chi connectivity index (χ1n) is 8.53.